The van der Waals surface area contributed by atoms with Gasteiger partial charge in [0.1, 0.15) is 5.82 Å². The summed E-state index contributed by atoms with van der Waals surface area (Å²) < 4.78 is 18.9. The smallest absolute Gasteiger partial charge is 0.123 e. The van der Waals surface area contributed by atoms with Crippen LogP contribution in [0.1, 0.15) is 23.1 Å². The lowest BCUT2D eigenvalue weighted by Gasteiger charge is -2.07. The molecule has 20 heavy (non-hydrogen) atoms. The van der Waals surface area contributed by atoms with E-state index in [1.54, 1.807) is 0 Å². The molecule has 0 saturated carbocycles. The van der Waals surface area contributed by atoms with Gasteiger partial charge in [0.15, 0.2) is 0 Å². The Morgan fingerprint density at radius 1 is 0.950 bits per heavy atom. The molecule has 106 valence electrons. The van der Waals surface area contributed by atoms with Crippen molar-refractivity contribution in [2.45, 2.75) is 26.0 Å². The van der Waals surface area contributed by atoms with E-state index in [0.29, 0.717) is 19.8 Å². The van der Waals surface area contributed by atoms with E-state index in [4.69, 9.17) is 10.5 Å². The van der Waals surface area contributed by atoms with Crippen molar-refractivity contribution in [2.75, 3.05) is 6.61 Å². The van der Waals surface area contributed by atoms with Crippen molar-refractivity contribution in [3.63, 3.8) is 0 Å². The maximum Gasteiger partial charge on any atom is 0.123 e. The quantitative estimate of drug-likeness (QED) is 0.784. The van der Waals surface area contributed by atoms with Crippen molar-refractivity contribution < 1.29 is 9.13 Å². The van der Waals surface area contributed by atoms with Gasteiger partial charge in [0.2, 0.25) is 0 Å². The fraction of sp³-hybridized carbons (Fsp3) is 0.294. The van der Waals surface area contributed by atoms with Crippen molar-refractivity contribution in [1.29, 1.82) is 0 Å². The van der Waals surface area contributed by atoms with E-state index in [-0.39, 0.29) is 5.82 Å². The first kappa shape index (κ1) is 14.7. The summed E-state index contributed by atoms with van der Waals surface area (Å²) in [6.45, 7) is 1.45. The van der Waals surface area contributed by atoms with Crippen LogP contribution in [-0.2, 0) is 24.3 Å². The minimum Gasteiger partial charge on any atom is -0.377 e. The molecule has 0 aromatic heterocycles. The van der Waals surface area contributed by atoms with E-state index in [1.165, 1.54) is 17.7 Å². The highest BCUT2D eigenvalue weighted by atomic mass is 19.1. The minimum atomic E-state index is -0.254. The molecule has 0 fully saturated rings. The van der Waals surface area contributed by atoms with Gasteiger partial charge in [0, 0.05) is 13.2 Å². The molecule has 2 N–H and O–H groups in total. The lowest BCUT2D eigenvalue weighted by atomic mass is 10.1. The largest absolute Gasteiger partial charge is 0.377 e. The summed E-state index contributed by atoms with van der Waals surface area (Å²) in [5.41, 5.74) is 8.47. The van der Waals surface area contributed by atoms with Crippen molar-refractivity contribution in [2.24, 2.45) is 5.73 Å². The van der Waals surface area contributed by atoms with E-state index in [1.807, 2.05) is 24.3 Å². The topological polar surface area (TPSA) is 35.2 Å². The van der Waals surface area contributed by atoms with Crippen LogP contribution in [0.3, 0.4) is 0 Å². The zero-order valence-corrected chi connectivity index (χ0v) is 11.5. The van der Waals surface area contributed by atoms with Crippen LogP contribution in [0.25, 0.3) is 0 Å². The Morgan fingerprint density at radius 2 is 1.70 bits per heavy atom. The summed E-state index contributed by atoms with van der Waals surface area (Å²) in [5.74, 6) is -0.254. The molecule has 0 radical (unpaired) electrons. The Bertz CT molecular complexity index is 528. The van der Waals surface area contributed by atoms with Gasteiger partial charge < -0.3 is 10.5 Å². The summed E-state index contributed by atoms with van der Waals surface area (Å²) in [5, 5.41) is 0. The minimum absolute atomic E-state index is 0.254. The summed E-state index contributed by atoms with van der Waals surface area (Å²) in [4.78, 5) is 0. The van der Waals surface area contributed by atoms with Crippen molar-refractivity contribution in [1.82, 2.24) is 0 Å². The van der Waals surface area contributed by atoms with E-state index < -0.39 is 0 Å². The van der Waals surface area contributed by atoms with Gasteiger partial charge in [-0.15, -0.1) is 0 Å². The molecule has 0 atom stereocenters. The molecule has 3 heteroatoms. The summed E-state index contributed by atoms with van der Waals surface area (Å²) >= 11 is 0. The van der Waals surface area contributed by atoms with Gasteiger partial charge in [-0.2, -0.15) is 0 Å². The van der Waals surface area contributed by atoms with Crippen LogP contribution < -0.4 is 5.73 Å². The number of rotatable bonds is 7. The third-order valence-electron chi connectivity index (χ3n) is 3.12. The first-order valence-electron chi connectivity index (χ1n) is 6.88. The first-order chi connectivity index (χ1) is 9.78. The highest BCUT2D eigenvalue weighted by Crippen LogP contribution is 2.10. The van der Waals surface area contributed by atoms with Crippen LogP contribution in [0.2, 0.25) is 0 Å². The van der Waals surface area contributed by atoms with E-state index >= 15 is 0 Å². The van der Waals surface area contributed by atoms with Crippen LogP contribution in [0.4, 0.5) is 4.39 Å². The maximum atomic E-state index is 13.3. The van der Waals surface area contributed by atoms with Gasteiger partial charge in [-0.05, 0) is 41.7 Å². The number of benzene rings is 2. The fourth-order valence-corrected chi connectivity index (χ4v) is 2.13. The van der Waals surface area contributed by atoms with Crippen molar-refractivity contribution in [3.05, 3.63) is 71.0 Å². The van der Waals surface area contributed by atoms with Gasteiger partial charge in [-0.25, -0.2) is 4.39 Å². The average Bonchev–Trinajstić information content (AvgIpc) is 2.47. The monoisotopic (exact) mass is 273 g/mol. The van der Waals surface area contributed by atoms with Crippen molar-refractivity contribution in [3.8, 4) is 0 Å². The lowest BCUT2D eigenvalue weighted by molar-refractivity contribution is 0.118. The van der Waals surface area contributed by atoms with Gasteiger partial charge in [-0.1, -0.05) is 36.4 Å². The molecular weight excluding hydrogens is 253 g/mol. The Balaban J connectivity index is 1.72. The van der Waals surface area contributed by atoms with Crippen LogP contribution in [0.5, 0.6) is 0 Å². The maximum absolute atomic E-state index is 13.3. The normalized spacial score (nSPS) is 10.7. The molecule has 0 heterocycles. The molecule has 0 spiro atoms. The van der Waals surface area contributed by atoms with Gasteiger partial charge in [0.25, 0.3) is 0 Å². The molecule has 0 amide bonds. The third-order valence-corrected chi connectivity index (χ3v) is 3.12. The molecule has 2 nitrogen and oxygen atoms in total. The third kappa shape index (κ3) is 4.76. The second kappa shape index (κ2) is 7.78. The zero-order chi connectivity index (χ0) is 14.2. The second-order valence-electron chi connectivity index (χ2n) is 4.81. The SMILES string of the molecule is NCc1cc(F)cc(COCCCc2ccccc2)c1. The zero-order valence-electron chi connectivity index (χ0n) is 11.5. The second-order valence-corrected chi connectivity index (χ2v) is 4.81. The average molecular weight is 273 g/mol. The van der Waals surface area contributed by atoms with E-state index in [9.17, 15) is 4.39 Å². The molecular formula is C17H20FNO. The van der Waals surface area contributed by atoms with Gasteiger partial charge in [-0.3, -0.25) is 0 Å². The predicted octanol–water partition coefficient (Wildman–Crippen LogP) is 3.43. The highest BCUT2D eigenvalue weighted by molar-refractivity contribution is 5.24. The number of nitrogens with two attached hydrogens (primary N) is 1. The Morgan fingerprint density at radius 3 is 2.45 bits per heavy atom. The molecule has 0 aliphatic carbocycles. The highest BCUT2D eigenvalue weighted by Gasteiger charge is 2.00. The van der Waals surface area contributed by atoms with Crippen LogP contribution in [0.15, 0.2) is 48.5 Å². The molecule has 0 unspecified atom stereocenters. The van der Waals surface area contributed by atoms with Crippen molar-refractivity contribution >= 4 is 0 Å². The molecule has 0 aliphatic heterocycles. The number of halogens is 1. The predicted molar refractivity (Wildman–Crippen MR) is 78.7 cm³/mol. The number of hydrogen-bond acceptors (Lipinski definition) is 2. The lowest BCUT2D eigenvalue weighted by Crippen LogP contribution is -2.01. The Kier molecular flexibility index (Phi) is 5.71. The van der Waals surface area contributed by atoms with Gasteiger partial charge >= 0.3 is 0 Å². The van der Waals surface area contributed by atoms with E-state index in [0.717, 1.165) is 24.0 Å². The molecule has 2 aromatic carbocycles. The number of aryl methyl sites for hydroxylation is 1. The molecule has 2 rings (SSSR count). The first-order valence-corrected chi connectivity index (χ1v) is 6.88. The fourth-order valence-electron chi connectivity index (χ4n) is 2.13. The van der Waals surface area contributed by atoms with Crippen LogP contribution in [-0.4, -0.2) is 6.61 Å². The van der Waals surface area contributed by atoms with Crippen LogP contribution >= 0.6 is 0 Å². The Hall–Kier alpha value is -1.71. The summed E-state index contributed by atoms with van der Waals surface area (Å²) in [7, 11) is 0. The standard InChI is InChI=1S/C17H20FNO/c18-17-10-15(12-19)9-16(11-17)13-20-8-4-7-14-5-2-1-3-6-14/h1-3,5-6,9-11H,4,7-8,12-13,19H2. The number of ether oxygens (including phenoxy) is 1. The molecule has 0 bridgehead atoms. The van der Waals surface area contributed by atoms with E-state index in [2.05, 4.69) is 12.1 Å². The Labute approximate surface area is 119 Å². The van der Waals surface area contributed by atoms with Crippen LogP contribution in [0, 0.1) is 5.82 Å². The number of hydrogen-bond donors (Lipinski definition) is 1. The molecule has 2 aromatic rings. The summed E-state index contributed by atoms with van der Waals surface area (Å²) in [6, 6.07) is 15.2. The van der Waals surface area contributed by atoms with Gasteiger partial charge in [0.05, 0.1) is 6.61 Å². The molecule has 0 saturated heterocycles. The molecule has 0 aliphatic rings. The summed E-state index contributed by atoms with van der Waals surface area (Å²) in [6.07, 6.45) is 1.96.